The lowest BCUT2D eigenvalue weighted by atomic mass is 9.99. The number of allylic oxidation sites excluding steroid dienone is 2. The highest BCUT2D eigenvalue weighted by molar-refractivity contribution is 5.73. The molecule has 82 valence electrons. The molecular formula is C13H13NO2. The summed E-state index contributed by atoms with van der Waals surface area (Å²) in [6.07, 6.45) is 2.48. The molecule has 0 amide bonds. The van der Waals surface area contributed by atoms with Crippen LogP contribution in [0.15, 0.2) is 30.3 Å². The molecule has 0 aliphatic heterocycles. The van der Waals surface area contributed by atoms with Crippen molar-refractivity contribution in [2.45, 2.75) is 19.8 Å². The average molecular weight is 215 g/mol. The van der Waals surface area contributed by atoms with Crippen LogP contribution in [-0.4, -0.2) is 11.1 Å². The van der Waals surface area contributed by atoms with Crippen molar-refractivity contribution in [3.63, 3.8) is 0 Å². The quantitative estimate of drug-likeness (QED) is 0.840. The maximum Gasteiger partial charge on any atom is 0.303 e. The first-order valence-corrected chi connectivity index (χ1v) is 5.05. The summed E-state index contributed by atoms with van der Waals surface area (Å²) in [7, 11) is 0. The van der Waals surface area contributed by atoms with E-state index < -0.39 is 5.97 Å². The summed E-state index contributed by atoms with van der Waals surface area (Å²) in [5.74, 6) is -0.809. The average Bonchev–Trinajstić information content (AvgIpc) is 2.30. The Hall–Kier alpha value is -2.08. The lowest BCUT2D eigenvalue weighted by Crippen LogP contribution is -1.95. The van der Waals surface area contributed by atoms with Crippen molar-refractivity contribution in [1.82, 2.24) is 0 Å². The molecule has 1 aromatic carbocycles. The third kappa shape index (κ3) is 3.25. The second-order valence-electron chi connectivity index (χ2n) is 3.40. The van der Waals surface area contributed by atoms with Crippen molar-refractivity contribution in [3.05, 3.63) is 41.5 Å². The fourth-order valence-corrected chi connectivity index (χ4v) is 1.49. The van der Waals surface area contributed by atoms with Crippen LogP contribution in [0.1, 0.15) is 30.9 Å². The van der Waals surface area contributed by atoms with Crippen LogP contribution in [0.25, 0.3) is 5.57 Å². The molecule has 1 rings (SSSR count). The number of hydrogen-bond acceptors (Lipinski definition) is 2. The molecule has 0 spiro atoms. The smallest absolute Gasteiger partial charge is 0.303 e. The number of carboxylic acid groups (broad SMARTS) is 1. The summed E-state index contributed by atoms with van der Waals surface area (Å²) in [6, 6.07) is 9.26. The number of nitrogens with zero attached hydrogens (tertiary/aromatic N) is 1. The van der Waals surface area contributed by atoms with Gasteiger partial charge in [0.2, 0.25) is 0 Å². The Morgan fingerprint density at radius 3 is 2.81 bits per heavy atom. The molecule has 0 saturated carbocycles. The molecule has 1 N–H and O–H groups in total. The van der Waals surface area contributed by atoms with E-state index in [4.69, 9.17) is 10.4 Å². The SMILES string of the molecule is C/C=C(/CCC(=O)O)c1cccc(C#N)c1. The second kappa shape index (κ2) is 5.72. The topological polar surface area (TPSA) is 61.1 Å². The van der Waals surface area contributed by atoms with Crippen molar-refractivity contribution in [2.24, 2.45) is 0 Å². The predicted octanol–water partition coefficient (Wildman–Crippen LogP) is 2.83. The maximum absolute atomic E-state index is 10.5. The third-order valence-corrected chi connectivity index (χ3v) is 2.32. The highest BCUT2D eigenvalue weighted by Crippen LogP contribution is 2.20. The van der Waals surface area contributed by atoms with E-state index in [1.807, 2.05) is 19.1 Å². The fourth-order valence-electron chi connectivity index (χ4n) is 1.49. The van der Waals surface area contributed by atoms with Gasteiger partial charge in [0, 0.05) is 6.42 Å². The van der Waals surface area contributed by atoms with Crippen LogP contribution in [0.3, 0.4) is 0 Å². The van der Waals surface area contributed by atoms with Crippen LogP contribution >= 0.6 is 0 Å². The van der Waals surface area contributed by atoms with E-state index in [2.05, 4.69) is 6.07 Å². The summed E-state index contributed by atoms with van der Waals surface area (Å²) in [5.41, 5.74) is 2.47. The van der Waals surface area contributed by atoms with Gasteiger partial charge in [-0.1, -0.05) is 18.2 Å². The Labute approximate surface area is 94.6 Å². The first-order chi connectivity index (χ1) is 7.67. The molecule has 1 aromatic rings. The largest absolute Gasteiger partial charge is 0.481 e. The molecule has 0 atom stereocenters. The van der Waals surface area contributed by atoms with E-state index in [0.29, 0.717) is 12.0 Å². The molecular weight excluding hydrogens is 202 g/mol. The molecule has 16 heavy (non-hydrogen) atoms. The predicted molar refractivity (Wildman–Crippen MR) is 61.7 cm³/mol. The van der Waals surface area contributed by atoms with Gasteiger partial charge in [0.1, 0.15) is 0 Å². The summed E-state index contributed by atoms with van der Waals surface area (Å²) in [4.78, 5) is 10.5. The lowest BCUT2D eigenvalue weighted by molar-refractivity contribution is -0.136. The second-order valence-corrected chi connectivity index (χ2v) is 3.40. The highest BCUT2D eigenvalue weighted by atomic mass is 16.4. The molecule has 0 unspecified atom stereocenters. The van der Waals surface area contributed by atoms with Gasteiger partial charge in [-0.25, -0.2) is 0 Å². The third-order valence-electron chi connectivity index (χ3n) is 2.32. The van der Waals surface area contributed by atoms with Gasteiger partial charge in [-0.3, -0.25) is 4.79 Å². The molecule has 0 saturated heterocycles. The van der Waals surface area contributed by atoms with Crippen LogP contribution in [0.5, 0.6) is 0 Å². The van der Waals surface area contributed by atoms with Crippen LogP contribution in [0.4, 0.5) is 0 Å². The Balaban J connectivity index is 2.88. The Morgan fingerprint density at radius 2 is 2.25 bits per heavy atom. The van der Waals surface area contributed by atoms with E-state index >= 15 is 0 Å². The zero-order valence-corrected chi connectivity index (χ0v) is 9.10. The van der Waals surface area contributed by atoms with Crippen molar-refractivity contribution >= 4 is 11.5 Å². The zero-order valence-electron chi connectivity index (χ0n) is 9.10. The van der Waals surface area contributed by atoms with Gasteiger partial charge in [0.05, 0.1) is 11.6 Å². The van der Waals surface area contributed by atoms with E-state index in [-0.39, 0.29) is 6.42 Å². The van der Waals surface area contributed by atoms with Gasteiger partial charge >= 0.3 is 5.97 Å². The Morgan fingerprint density at radius 1 is 1.50 bits per heavy atom. The van der Waals surface area contributed by atoms with Crippen LogP contribution < -0.4 is 0 Å². The van der Waals surface area contributed by atoms with Crippen molar-refractivity contribution in [3.8, 4) is 6.07 Å². The fraction of sp³-hybridized carbons (Fsp3) is 0.231. The number of nitriles is 1. The standard InChI is InChI=1S/C13H13NO2/c1-2-11(6-7-13(15)16)12-5-3-4-10(8-12)9-14/h2-5,8H,6-7H2,1H3,(H,15,16)/b11-2-. The Kier molecular flexibility index (Phi) is 4.28. The molecule has 0 fully saturated rings. The summed E-state index contributed by atoms with van der Waals surface area (Å²) >= 11 is 0. The minimum atomic E-state index is -0.809. The molecule has 0 radical (unpaired) electrons. The van der Waals surface area contributed by atoms with E-state index in [1.165, 1.54) is 0 Å². The van der Waals surface area contributed by atoms with Gasteiger partial charge in [-0.2, -0.15) is 5.26 Å². The number of carboxylic acids is 1. The van der Waals surface area contributed by atoms with Crippen molar-refractivity contribution in [1.29, 1.82) is 5.26 Å². The molecule has 0 heterocycles. The highest BCUT2D eigenvalue weighted by Gasteiger charge is 2.04. The van der Waals surface area contributed by atoms with E-state index in [1.54, 1.807) is 18.2 Å². The Bertz CT molecular complexity index is 455. The number of aliphatic carboxylic acids is 1. The minimum absolute atomic E-state index is 0.108. The lowest BCUT2D eigenvalue weighted by Gasteiger charge is -2.05. The number of carbonyl (C=O) groups is 1. The summed E-state index contributed by atoms with van der Waals surface area (Å²) < 4.78 is 0. The molecule has 0 bridgehead atoms. The number of hydrogen-bond donors (Lipinski definition) is 1. The number of rotatable bonds is 4. The molecule has 0 aliphatic rings. The summed E-state index contributed by atoms with van der Waals surface area (Å²) in [5, 5.41) is 17.4. The monoisotopic (exact) mass is 215 g/mol. The zero-order chi connectivity index (χ0) is 12.0. The van der Waals surface area contributed by atoms with Gasteiger partial charge in [0.15, 0.2) is 0 Å². The molecule has 0 aromatic heterocycles. The van der Waals surface area contributed by atoms with Gasteiger partial charge < -0.3 is 5.11 Å². The maximum atomic E-state index is 10.5. The van der Waals surface area contributed by atoms with Gasteiger partial charge in [-0.05, 0) is 36.6 Å². The van der Waals surface area contributed by atoms with Crippen molar-refractivity contribution < 1.29 is 9.90 Å². The molecule has 3 heteroatoms. The summed E-state index contributed by atoms with van der Waals surface area (Å²) in [6.45, 7) is 1.87. The first kappa shape index (κ1) is 12.0. The van der Waals surface area contributed by atoms with Gasteiger partial charge in [-0.15, -0.1) is 0 Å². The molecule has 3 nitrogen and oxygen atoms in total. The molecule has 0 aliphatic carbocycles. The van der Waals surface area contributed by atoms with Crippen LogP contribution in [-0.2, 0) is 4.79 Å². The van der Waals surface area contributed by atoms with Crippen LogP contribution in [0, 0.1) is 11.3 Å². The first-order valence-electron chi connectivity index (χ1n) is 5.05. The van der Waals surface area contributed by atoms with Crippen LogP contribution in [0.2, 0.25) is 0 Å². The van der Waals surface area contributed by atoms with E-state index in [9.17, 15) is 4.79 Å². The number of benzene rings is 1. The van der Waals surface area contributed by atoms with Gasteiger partial charge in [0.25, 0.3) is 0 Å². The van der Waals surface area contributed by atoms with Crippen molar-refractivity contribution in [2.75, 3.05) is 0 Å². The minimum Gasteiger partial charge on any atom is -0.481 e. The normalized spacial score (nSPS) is 10.9. The van der Waals surface area contributed by atoms with E-state index in [0.717, 1.165) is 11.1 Å².